The molecule has 10 heteroatoms. The number of ether oxygens (including phenoxy) is 2. The highest BCUT2D eigenvalue weighted by Gasteiger charge is 2.22. The van der Waals surface area contributed by atoms with Gasteiger partial charge < -0.3 is 27.9 Å². The Morgan fingerprint density at radius 3 is 0.952 bits per heavy atom. The van der Waals surface area contributed by atoms with E-state index in [0.717, 1.165) is 77.0 Å². The Morgan fingerprint density at radius 1 is 0.369 bits per heavy atom. The lowest BCUT2D eigenvalue weighted by molar-refractivity contribution is -0.870. The van der Waals surface area contributed by atoms with Gasteiger partial charge in [-0.05, 0) is 89.9 Å². The number of phosphoric acid groups is 1. The number of unbranched alkanes of at least 4 members (excludes halogenated alkanes) is 40. The van der Waals surface area contributed by atoms with Crippen molar-refractivity contribution < 1.29 is 42.1 Å². The molecule has 0 fully saturated rings. The smallest absolute Gasteiger partial charge is 0.306 e. The lowest BCUT2D eigenvalue weighted by atomic mass is 10.0. The van der Waals surface area contributed by atoms with E-state index in [1.54, 1.807) is 0 Å². The lowest BCUT2D eigenvalue weighted by Gasteiger charge is -2.28. The van der Waals surface area contributed by atoms with Crippen molar-refractivity contribution in [1.82, 2.24) is 0 Å². The molecule has 9 nitrogen and oxygen atoms in total. The first-order chi connectivity index (χ1) is 41.0. The number of quaternary nitrogens is 1. The Labute approximate surface area is 520 Å². The molecule has 0 N–H and O–H groups in total. The molecule has 0 saturated carbocycles. The SMILES string of the molecule is CCCCCCC/C=C\C/C=C\C/C=C\CCCCCCCCCCCCCCCCCCCCCCCCC(=O)OC(COC(=O)CCCCCCCCCC/C=C\C/C=C\C/C=C\CCCCCCC)COP(=O)([O-])OCC[N+](C)(C)C. The quantitative estimate of drug-likeness (QED) is 0.0195. The average Bonchev–Trinajstić information content (AvgIpc) is 3.61. The van der Waals surface area contributed by atoms with Crippen LogP contribution in [0.25, 0.3) is 0 Å². The van der Waals surface area contributed by atoms with Gasteiger partial charge in [0.15, 0.2) is 6.10 Å². The van der Waals surface area contributed by atoms with E-state index in [1.165, 1.54) is 225 Å². The van der Waals surface area contributed by atoms with E-state index in [0.29, 0.717) is 17.4 Å². The normalized spacial score (nSPS) is 13.5. The van der Waals surface area contributed by atoms with Gasteiger partial charge in [0.1, 0.15) is 19.8 Å². The molecule has 0 aliphatic carbocycles. The first kappa shape index (κ1) is 81.5. The monoisotopic (exact) mass is 1200 g/mol. The standard InChI is InChI=1S/C74H136NO8P/c1-6-8-10-12-14-16-18-20-22-24-26-28-30-31-32-33-34-35-36-37-38-39-40-41-42-43-45-47-49-51-53-55-57-59-61-63-65-67-74(77)83-72(71-82-84(78,79)81-69-68-75(3,4)5)70-80-73(76)66-64-62-60-58-56-54-52-50-48-46-44-29-27-25-23-21-19-17-15-13-11-9-7-2/h18-21,24-27,30-31,44,46,72H,6-17,22-23,28-29,32-43,45,47-71H2,1-5H3/b20-18-,21-19-,26-24-,27-25-,31-30-,46-44-. The van der Waals surface area contributed by atoms with Crippen LogP contribution in [0, 0.1) is 0 Å². The van der Waals surface area contributed by atoms with Crippen LogP contribution in [0.5, 0.6) is 0 Å². The summed E-state index contributed by atoms with van der Waals surface area (Å²) in [6.07, 6.45) is 87.0. The Hall–Kier alpha value is -2.55. The van der Waals surface area contributed by atoms with Crippen molar-refractivity contribution in [2.24, 2.45) is 0 Å². The molecule has 0 aliphatic rings. The van der Waals surface area contributed by atoms with Crippen LogP contribution in [0.15, 0.2) is 72.9 Å². The molecule has 490 valence electrons. The summed E-state index contributed by atoms with van der Waals surface area (Å²) in [7, 11) is 1.17. The zero-order valence-corrected chi connectivity index (χ0v) is 56.7. The number of hydrogen-bond acceptors (Lipinski definition) is 8. The number of esters is 2. The second-order valence-electron chi connectivity index (χ2n) is 25.2. The molecule has 84 heavy (non-hydrogen) atoms. The first-order valence-electron chi connectivity index (χ1n) is 35.6. The fourth-order valence-electron chi connectivity index (χ4n) is 10.2. The number of phosphoric ester groups is 1. The van der Waals surface area contributed by atoms with E-state index in [-0.39, 0.29) is 32.0 Å². The van der Waals surface area contributed by atoms with Gasteiger partial charge in [-0.2, -0.15) is 0 Å². The van der Waals surface area contributed by atoms with Crippen LogP contribution in [0.2, 0.25) is 0 Å². The highest BCUT2D eigenvalue weighted by molar-refractivity contribution is 7.45. The average molecular weight is 1200 g/mol. The van der Waals surface area contributed by atoms with Crippen LogP contribution in [0.4, 0.5) is 0 Å². The van der Waals surface area contributed by atoms with Crippen LogP contribution < -0.4 is 4.89 Å². The van der Waals surface area contributed by atoms with Crippen molar-refractivity contribution in [3.63, 3.8) is 0 Å². The number of carbonyl (C=O) groups is 2. The molecule has 0 heterocycles. The van der Waals surface area contributed by atoms with Gasteiger partial charge in [0.2, 0.25) is 0 Å². The third-order valence-corrected chi connectivity index (χ3v) is 16.7. The molecule has 0 aliphatic heterocycles. The van der Waals surface area contributed by atoms with Crippen LogP contribution in [0.1, 0.15) is 335 Å². The second-order valence-corrected chi connectivity index (χ2v) is 26.7. The van der Waals surface area contributed by atoms with Crippen molar-refractivity contribution in [2.75, 3.05) is 47.5 Å². The summed E-state index contributed by atoms with van der Waals surface area (Å²) in [5.41, 5.74) is 0. The molecule has 0 aromatic carbocycles. The summed E-state index contributed by atoms with van der Waals surface area (Å²) in [5, 5.41) is 0. The molecule has 0 bridgehead atoms. The number of rotatable bonds is 66. The zero-order chi connectivity index (χ0) is 61.2. The number of likely N-dealkylation sites (N-methyl/N-ethyl adjacent to an activating group) is 1. The Kier molecular flexibility index (Phi) is 62.9. The van der Waals surface area contributed by atoms with Crippen molar-refractivity contribution in [1.29, 1.82) is 0 Å². The van der Waals surface area contributed by atoms with Gasteiger partial charge in [0, 0.05) is 12.8 Å². The van der Waals surface area contributed by atoms with Gasteiger partial charge >= 0.3 is 11.9 Å². The molecule has 0 spiro atoms. The zero-order valence-electron chi connectivity index (χ0n) is 55.8. The van der Waals surface area contributed by atoms with Gasteiger partial charge in [-0.1, -0.05) is 305 Å². The maximum absolute atomic E-state index is 12.9. The van der Waals surface area contributed by atoms with Crippen LogP contribution in [0.3, 0.4) is 0 Å². The Balaban J connectivity index is 3.99. The number of nitrogens with zero attached hydrogens (tertiary/aromatic N) is 1. The highest BCUT2D eigenvalue weighted by atomic mass is 31.2. The summed E-state index contributed by atoms with van der Waals surface area (Å²) in [5.74, 6) is -0.830. The fraction of sp³-hybridized carbons (Fsp3) is 0.811. The summed E-state index contributed by atoms with van der Waals surface area (Å²) in [6.45, 7) is 4.25. The molecule has 0 radical (unpaired) electrons. The third-order valence-electron chi connectivity index (χ3n) is 15.7. The van der Waals surface area contributed by atoms with Gasteiger partial charge in [0.05, 0.1) is 27.7 Å². The topological polar surface area (TPSA) is 111 Å². The molecule has 2 unspecified atom stereocenters. The van der Waals surface area contributed by atoms with E-state index < -0.39 is 26.5 Å². The second kappa shape index (κ2) is 64.9. The Bertz CT molecular complexity index is 1650. The summed E-state index contributed by atoms with van der Waals surface area (Å²) in [6, 6.07) is 0. The third kappa shape index (κ3) is 68.6. The van der Waals surface area contributed by atoms with Crippen molar-refractivity contribution in [3.8, 4) is 0 Å². The maximum Gasteiger partial charge on any atom is 0.306 e. The van der Waals surface area contributed by atoms with Gasteiger partial charge in [0.25, 0.3) is 7.82 Å². The largest absolute Gasteiger partial charge is 0.756 e. The van der Waals surface area contributed by atoms with Gasteiger partial charge in [-0.3, -0.25) is 14.2 Å². The summed E-state index contributed by atoms with van der Waals surface area (Å²) in [4.78, 5) is 38.0. The fourth-order valence-corrected chi connectivity index (χ4v) is 10.9. The summed E-state index contributed by atoms with van der Waals surface area (Å²) >= 11 is 0. The van der Waals surface area contributed by atoms with Gasteiger partial charge in [-0.25, -0.2) is 0 Å². The molecule has 2 atom stereocenters. The minimum Gasteiger partial charge on any atom is -0.756 e. The van der Waals surface area contributed by atoms with E-state index in [1.807, 2.05) is 21.1 Å². The Morgan fingerprint density at radius 2 is 0.643 bits per heavy atom. The molecule has 0 aromatic heterocycles. The minimum absolute atomic E-state index is 0.0327. The molecule has 0 saturated heterocycles. The van der Waals surface area contributed by atoms with Crippen molar-refractivity contribution in [3.05, 3.63) is 72.9 Å². The first-order valence-corrected chi connectivity index (χ1v) is 37.1. The molecule has 0 rings (SSSR count). The van der Waals surface area contributed by atoms with Crippen molar-refractivity contribution >= 4 is 19.8 Å². The van der Waals surface area contributed by atoms with Crippen molar-refractivity contribution in [2.45, 2.75) is 341 Å². The highest BCUT2D eigenvalue weighted by Crippen LogP contribution is 2.38. The number of allylic oxidation sites excluding steroid dienone is 12. The van der Waals surface area contributed by atoms with Crippen LogP contribution >= 0.6 is 7.82 Å². The van der Waals surface area contributed by atoms with Crippen LogP contribution in [-0.2, 0) is 32.7 Å². The number of hydrogen-bond donors (Lipinski definition) is 0. The predicted octanol–water partition coefficient (Wildman–Crippen LogP) is 22.5. The van der Waals surface area contributed by atoms with Gasteiger partial charge in [-0.15, -0.1) is 0 Å². The van der Waals surface area contributed by atoms with E-state index in [4.69, 9.17) is 18.5 Å². The lowest BCUT2D eigenvalue weighted by Crippen LogP contribution is -2.37. The number of carbonyl (C=O) groups excluding carboxylic acids is 2. The molecule has 0 aromatic rings. The molecule has 0 amide bonds. The molecular formula is C74H136NO8P. The van der Waals surface area contributed by atoms with E-state index in [9.17, 15) is 19.0 Å². The van der Waals surface area contributed by atoms with E-state index in [2.05, 4.69) is 86.8 Å². The molecular weight excluding hydrogens is 1060 g/mol. The van der Waals surface area contributed by atoms with E-state index >= 15 is 0 Å². The summed E-state index contributed by atoms with van der Waals surface area (Å²) < 4.78 is 34.3. The predicted molar refractivity (Wildman–Crippen MR) is 360 cm³/mol. The minimum atomic E-state index is -4.64. The maximum atomic E-state index is 12.9. The van der Waals surface area contributed by atoms with Crippen LogP contribution in [-0.4, -0.2) is 70.0 Å².